The Morgan fingerprint density at radius 2 is 1.83 bits per heavy atom. The van der Waals surface area contributed by atoms with Gasteiger partial charge in [-0.25, -0.2) is 0 Å². The van der Waals surface area contributed by atoms with Gasteiger partial charge >= 0.3 is 0 Å². The van der Waals surface area contributed by atoms with E-state index in [1.807, 2.05) is 48.5 Å². The summed E-state index contributed by atoms with van der Waals surface area (Å²) >= 11 is 0. The van der Waals surface area contributed by atoms with Crippen molar-refractivity contribution in [3.63, 3.8) is 0 Å². The summed E-state index contributed by atoms with van der Waals surface area (Å²) in [7, 11) is -0.817. The molecule has 2 saturated heterocycles. The predicted octanol–water partition coefficient (Wildman–Crippen LogP) is 3.14. The molecule has 0 saturated carbocycles. The molecular weight excluding hydrogens is 625 g/mol. The summed E-state index contributed by atoms with van der Waals surface area (Å²) in [6, 6.07) is 21.5. The number of amides is 3. The maximum atomic E-state index is 14.3. The van der Waals surface area contributed by atoms with Gasteiger partial charge in [-0.05, 0) is 53.4 Å². The van der Waals surface area contributed by atoms with Crippen molar-refractivity contribution in [2.75, 3.05) is 43.6 Å². The molecule has 3 aromatic carbocycles. The first-order valence-electron chi connectivity index (χ1n) is 16.8. The second-order valence-electron chi connectivity index (χ2n) is 14.1. The number of carbonyl (C=O) groups excluding carboxylic acids is 3. The highest BCUT2D eigenvalue weighted by Gasteiger charge is 2.65. The topological polar surface area (TPSA) is 120 Å². The molecule has 48 heavy (non-hydrogen) atoms. The van der Waals surface area contributed by atoms with E-state index in [1.54, 1.807) is 16.9 Å². The number of aliphatic hydroxyl groups excluding tert-OH is 1. The van der Waals surface area contributed by atoms with E-state index in [0.717, 1.165) is 22.6 Å². The molecule has 0 unspecified atom stereocenters. The number of piperazine rings is 1. The molecular formula is C37H44N4O6Si. The molecule has 0 aromatic heterocycles. The molecule has 0 radical (unpaired) electrons. The highest BCUT2D eigenvalue weighted by atomic mass is 28.3. The summed E-state index contributed by atoms with van der Waals surface area (Å²) in [5, 5.41) is 17.7. The van der Waals surface area contributed by atoms with Crippen LogP contribution in [-0.4, -0.2) is 81.3 Å². The molecule has 4 aliphatic heterocycles. The van der Waals surface area contributed by atoms with Crippen molar-refractivity contribution in [1.29, 1.82) is 0 Å². The monoisotopic (exact) mass is 668 g/mol. The number of fused-ring (bicyclic) bond motifs is 3. The van der Waals surface area contributed by atoms with E-state index in [-0.39, 0.29) is 54.8 Å². The number of hydrogen-bond acceptors (Lipinski definition) is 7. The number of hydrogen-bond donors (Lipinski definition) is 3. The summed E-state index contributed by atoms with van der Waals surface area (Å²) in [5.74, 6) is 0.116. The fraction of sp³-hybridized carbons (Fsp3) is 0.432. The number of benzene rings is 3. The van der Waals surface area contributed by atoms with Gasteiger partial charge in [0.15, 0.2) is 5.60 Å². The maximum absolute atomic E-state index is 14.3. The number of rotatable bonds is 7. The molecule has 0 bridgehead atoms. The van der Waals surface area contributed by atoms with Crippen LogP contribution in [0.1, 0.15) is 30.0 Å². The lowest BCUT2D eigenvalue weighted by Gasteiger charge is -2.39. The third kappa shape index (κ3) is 5.24. The fourth-order valence-electron chi connectivity index (χ4n) is 8.70. The smallest absolute Gasteiger partial charge is 0.261 e. The molecule has 7 rings (SSSR count). The van der Waals surface area contributed by atoms with Crippen molar-refractivity contribution >= 4 is 42.4 Å². The van der Waals surface area contributed by atoms with Crippen molar-refractivity contribution in [3.8, 4) is 5.75 Å². The Hall–Kier alpha value is -4.03. The summed E-state index contributed by atoms with van der Waals surface area (Å²) < 4.78 is 12.5. The predicted molar refractivity (Wildman–Crippen MR) is 186 cm³/mol. The Morgan fingerprint density at radius 3 is 2.54 bits per heavy atom. The summed E-state index contributed by atoms with van der Waals surface area (Å²) in [5.41, 5.74) is 2.88. The molecule has 0 aliphatic carbocycles. The summed E-state index contributed by atoms with van der Waals surface area (Å²) in [6.07, 6.45) is 0.109. The average molecular weight is 669 g/mol. The van der Waals surface area contributed by atoms with Crippen LogP contribution < -0.4 is 25.5 Å². The van der Waals surface area contributed by atoms with Gasteiger partial charge in [0.1, 0.15) is 5.75 Å². The highest BCUT2D eigenvalue weighted by Crippen LogP contribution is 2.59. The molecule has 252 valence electrons. The second kappa shape index (κ2) is 12.4. The molecule has 3 amide bonds. The number of anilines is 2. The number of carbonyl (C=O) groups is 3. The molecule has 5 atom stereocenters. The Kier molecular flexibility index (Phi) is 8.43. The largest absolute Gasteiger partial charge is 0.497 e. The van der Waals surface area contributed by atoms with E-state index in [4.69, 9.17) is 9.47 Å². The van der Waals surface area contributed by atoms with E-state index >= 15 is 0 Å². The molecule has 11 heteroatoms. The van der Waals surface area contributed by atoms with Crippen molar-refractivity contribution in [3.05, 3.63) is 83.4 Å². The maximum Gasteiger partial charge on any atom is 0.261 e. The van der Waals surface area contributed by atoms with Crippen LogP contribution in [0.2, 0.25) is 18.6 Å². The van der Waals surface area contributed by atoms with Crippen LogP contribution in [0, 0.1) is 5.92 Å². The SMILES string of the molecule is COc1ccc([Si](C)(C)[C@@H]2[C@@H](CC(=O)N3Cc4ccccc4C[C@H]3CO)O[C@]3(C(=O)Nc4ccc(N5CCNCC5=O)cc43)[C@H]2C)cc1. The number of ether oxygens (including phenoxy) is 2. The molecule has 3 N–H and O–H groups in total. The van der Waals surface area contributed by atoms with E-state index in [9.17, 15) is 19.5 Å². The summed E-state index contributed by atoms with van der Waals surface area (Å²) in [6.45, 7) is 8.41. The standard InChI is InChI=1S/C37H44N4O6Si/c1-23-35(48(3,4)29-12-10-28(46-2)11-13-29)32(19-33(43)41-21-25-8-6-5-7-24(25)17-27(41)22-42)47-37(23)30-18-26(9-14-31(30)39-36(37)45)40-16-15-38-20-34(40)44/h5-14,18,23,27,32,35,38,42H,15-17,19-22H2,1-4H3,(H,39,45)/t23-,27-,32+,35-,37+/m0/s1. The highest BCUT2D eigenvalue weighted by molar-refractivity contribution is 6.91. The van der Waals surface area contributed by atoms with Crippen molar-refractivity contribution in [2.24, 2.45) is 5.92 Å². The lowest BCUT2D eigenvalue weighted by molar-refractivity contribution is -0.149. The zero-order chi connectivity index (χ0) is 33.8. The van der Waals surface area contributed by atoms with E-state index in [0.29, 0.717) is 37.3 Å². The Labute approximate surface area is 282 Å². The van der Waals surface area contributed by atoms with Crippen LogP contribution in [0.15, 0.2) is 66.7 Å². The molecule has 2 fully saturated rings. The van der Waals surface area contributed by atoms with Gasteiger partial charge in [0, 0.05) is 42.5 Å². The quantitative estimate of drug-likeness (QED) is 0.331. The lowest BCUT2D eigenvalue weighted by Crippen LogP contribution is -2.52. The minimum absolute atomic E-state index is 0.0242. The lowest BCUT2D eigenvalue weighted by atomic mass is 9.82. The Balaban J connectivity index is 1.28. The van der Waals surface area contributed by atoms with Gasteiger partial charge in [-0.3, -0.25) is 14.4 Å². The van der Waals surface area contributed by atoms with Gasteiger partial charge in [0.25, 0.3) is 5.91 Å². The van der Waals surface area contributed by atoms with E-state index in [1.165, 1.54) is 5.19 Å². The van der Waals surface area contributed by atoms with Crippen LogP contribution in [0.3, 0.4) is 0 Å². The van der Waals surface area contributed by atoms with E-state index in [2.05, 4.69) is 48.9 Å². The fourth-order valence-corrected chi connectivity index (χ4v) is 12.7. The van der Waals surface area contributed by atoms with Gasteiger partial charge in [0.2, 0.25) is 11.8 Å². The molecule has 3 aromatic rings. The first kappa shape index (κ1) is 32.5. The van der Waals surface area contributed by atoms with Crippen LogP contribution in [0.25, 0.3) is 0 Å². The third-order valence-electron chi connectivity index (χ3n) is 11.2. The minimum atomic E-state index is -2.46. The Bertz CT molecular complexity index is 1750. The molecule has 4 aliphatic rings. The molecule has 4 heterocycles. The average Bonchev–Trinajstić information content (AvgIpc) is 3.55. The van der Waals surface area contributed by atoms with Crippen molar-refractivity contribution in [1.82, 2.24) is 10.2 Å². The van der Waals surface area contributed by atoms with Crippen LogP contribution in [0.5, 0.6) is 5.75 Å². The van der Waals surface area contributed by atoms with Gasteiger partial charge in [0.05, 0.1) is 46.9 Å². The van der Waals surface area contributed by atoms with Crippen LogP contribution in [0.4, 0.5) is 11.4 Å². The normalized spacial score (nSPS) is 26.8. The zero-order valence-electron chi connectivity index (χ0n) is 28.0. The number of methoxy groups -OCH3 is 1. The van der Waals surface area contributed by atoms with Gasteiger partial charge in [-0.1, -0.05) is 61.6 Å². The van der Waals surface area contributed by atoms with Gasteiger partial charge in [-0.2, -0.15) is 0 Å². The minimum Gasteiger partial charge on any atom is -0.497 e. The molecule has 10 nitrogen and oxygen atoms in total. The first-order chi connectivity index (χ1) is 23.1. The van der Waals surface area contributed by atoms with E-state index < -0.39 is 19.8 Å². The summed E-state index contributed by atoms with van der Waals surface area (Å²) in [4.78, 5) is 45.0. The van der Waals surface area contributed by atoms with Crippen molar-refractivity contribution in [2.45, 2.75) is 62.7 Å². The zero-order valence-corrected chi connectivity index (χ0v) is 29.0. The van der Waals surface area contributed by atoms with Crippen LogP contribution >= 0.6 is 0 Å². The number of nitrogens with one attached hydrogen (secondary N) is 2. The second-order valence-corrected chi connectivity index (χ2v) is 18.8. The number of aliphatic hydroxyl groups is 1. The van der Waals surface area contributed by atoms with Crippen molar-refractivity contribution < 1.29 is 29.0 Å². The number of nitrogens with zero attached hydrogens (tertiary/aromatic N) is 2. The Morgan fingerprint density at radius 1 is 1.08 bits per heavy atom. The van der Waals surface area contributed by atoms with Gasteiger partial charge < -0.3 is 35.0 Å². The van der Waals surface area contributed by atoms with Crippen LogP contribution in [-0.2, 0) is 37.7 Å². The first-order valence-corrected chi connectivity index (χ1v) is 19.9. The van der Waals surface area contributed by atoms with Gasteiger partial charge in [-0.15, -0.1) is 0 Å². The third-order valence-corrected chi connectivity index (χ3v) is 15.6. The molecule has 1 spiro atoms.